The number of hydrogen-bond acceptors (Lipinski definition) is 10. The van der Waals surface area contributed by atoms with Crippen LogP contribution in [0.1, 0.15) is 54.4 Å². The van der Waals surface area contributed by atoms with Gasteiger partial charge in [0.05, 0.1) is 36.0 Å². The molecule has 1 heterocycles. The summed E-state index contributed by atoms with van der Waals surface area (Å²) in [5.41, 5.74) is -3.80. The Kier molecular flexibility index (Phi) is 11.2. The molecule has 0 spiro atoms. The third-order valence-electron chi connectivity index (χ3n) is 6.39. The summed E-state index contributed by atoms with van der Waals surface area (Å²) in [4.78, 5) is 40.5. The largest absolute Gasteiger partial charge is 0.481 e. The highest BCUT2D eigenvalue weighted by Gasteiger charge is 2.36. The van der Waals surface area contributed by atoms with Crippen LogP contribution in [0.3, 0.4) is 0 Å². The highest BCUT2D eigenvalue weighted by atomic mass is 19.4. The molecule has 3 rings (SSSR count). The van der Waals surface area contributed by atoms with Crippen LogP contribution in [0.15, 0.2) is 42.5 Å². The Morgan fingerprint density at radius 2 is 1.72 bits per heavy atom. The van der Waals surface area contributed by atoms with Crippen LogP contribution in [0, 0.1) is 21.7 Å². The first kappa shape index (κ1) is 35.6. The molecule has 46 heavy (non-hydrogen) atoms. The number of hydrogen-bond donors (Lipinski definition) is 2. The first-order chi connectivity index (χ1) is 21.4. The molecular weight excluding hydrogens is 623 g/mol. The number of rotatable bonds is 12. The molecule has 0 saturated carbocycles. The smallest absolute Gasteiger partial charge is 0.419 e. The molecule has 0 amide bonds. The molecule has 0 bridgehead atoms. The molecule has 0 radical (unpaired) electrons. The first-order valence-corrected chi connectivity index (χ1v) is 13.6. The van der Waals surface area contributed by atoms with Gasteiger partial charge in [0, 0.05) is 24.4 Å². The number of methoxy groups -OCH3 is 2. The van der Waals surface area contributed by atoms with Gasteiger partial charge in [0.25, 0.3) is 5.69 Å². The van der Waals surface area contributed by atoms with Crippen molar-refractivity contribution in [2.24, 2.45) is 0 Å². The van der Waals surface area contributed by atoms with E-state index in [1.54, 1.807) is 20.8 Å². The summed E-state index contributed by atoms with van der Waals surface area (Å²) in [7, 11) is 2.29. The SMILES string of the molecule is COC(=O)c1cc(F)c(C(F)(F)F)cc1Nc1ccc(F)cc1CNC(CCc1nc(OC)ccc1[N+](=O)[O-])C(=O)OC(C)(C)C. The number of esters is 2. The van der Waals surface area contributed by atoms with Crippen LogP contribution in [-0.4, -0.2) is 47.7 Å². The van der Waals surface area contributed by atoms with E-state index in [4.69, 9.17) is 9.47 Å². The summed E-state index contributed by atoms with van der Waals surface area (Å²) in [5, 5.41) is 17.1. The van der Waals surface area contributed by atoms with Gasteiger partial charge < -0.3 is 24.8 Å². The predicted octanol–water partition coefficient (Wildman–Crippen LogP) is 6.26. The summed E-state index contributed by atoms with van der Waals surface area (Å²) in [6.07, 6.45) is -5.26. The average molecular weight is 655 g/mol. The number of nitrogens with zero attached hydrogens (tertiary/aromatic N) is 2. The summed E-state index contributed by atoms with van der Waals surface area (Å²) >= 11 is 0. The summed E-state index contributed by atoms with van der Waals surface area (Å²) in [5.74, 6) is -4.22. The molecule has 0 aliphatic rings. The van der Waals surface area contributed by atoms with Gasteiger partial charge in [-0.15, -0.1) is 0 Å². The van der Waals surface area contributed by atoms with E-state index in [0.29, 0.717) is 12.1 Å². The molecule has 0 saturated heterocycles. The molecular formula is C30H31F5N4O7. The van der Waals surface area contributed by atoms with Crippen molar-refractivity contribution in [3.8, 4) is 5.88 Å². The number of nitrogens with one attached hydrogen (secondary N) is 2. The van der Waals surface area contributed by atoms with Gasteiger partial charge in [-0.05, 0) is 69.5 Å². The average Bonchev–Trinajstić information content (AvgIpc) is 2.96. The third-order valence-corrected chi connectivity index (χ3v) is 6.39. The van der Waals surface area contributed by atoms with Gasteiger partial charge >= 0.3 is 18.1 Å². The van der Waals surface area contributed by atoms with Crippen LogP contribution in [-0.2, 0) is 33.4 Å². The molecule has 248 valence electrons. The summed E-state index contributed by atoms with van der Waals surface area (Å²) in [6, 6.07) is 5.37. The minimum absolute atomic E-state index is 0.00632. The predicted molar refractivity (Wildman–Crippen MR) is 155 cm³/mol. The maximum Gasteiger partial charge on any atom is 0.419 e. The zero-order valence-corrected chi connectivity index (χ0v) is 25.4. The van der Waals surface area contributed by atoms with Crippen molar-refractivity contribution < 1.29 is 50.7 Å². The molecule has 0 aliphatic carbocycles. The number of halogens is 5. The molecule has 1 aromatic heterocycles. The number of nitro groups is 1. The number of pyridine rings is 1. The van der Waals surface area contributed by atoms with E-state index in [-0.39, 0.29) is 47.9 Å². The van der Waals surface area contributed by atoms with Crippen molar-refractivity contribution in [3.63, 3.8) is 0 Å². The van der Waals surface area contributed by atoms with Gasteiger partial charge in [-0.3, -0.25) is 14.9 Å². The number of anilines is 2. The first-order valence-electron chi connectivity index (χ1n) is 13.6. The van der Waals surface area contributed by atoms with Crippen molar-refractivity contribution in [1.29, 1.82) is 0 Å². The van der Waals surface area contributed by atoms with Crippen LogP contribution < -0.4 is 15.4 Å². The number of carbonyl (C=O) groups is 2. The zero-order chi connectivity index (χ0) is 34.4. The highest BCUT2D eigenvalue weighted by molar-refractivity contribution is 5.97. The van der Waals surface area contributed by atoms with Crippen LogP contribution in [0.25, 0.3) is 0 Å². The van der Waals surface area contributed by atoms with Crippen LogP contribution in [0.4, 0.5) is 39.0 Å². The maximum absolute atomic E-state index is 14.4. The van der Waals surface area contributed by atoms with E-state index >= 15 is 0 Å². The van der Waals surface area contributed by atoms with Gasteiger partial charge in [-0.1, -0.05) is 0 Å². The number of aromatic nitrogens is 1. The molecule has 1 unspecified atom stereocenters. The van der Waals surface area contributed by atoms with Gasteiger partial charge in [0.1, 0.15) is 29.0 Å². The summed E-state index contributed by atoms with van der Waals surface area (Å²) < 4.78 is 84.3. The Morgan fingerprint density at radius 1 is 1.02 bits per heavy atom. The second-order valence-electron chi connectivity index (χ2n) is 10.9. The van der Waals surface area contributed by atoms with E-state index in [0.717, 1.165) is 19.2 Å². The normalized spacial score (nSPS) is 12.3. The Balaban J connectivity index is 1.97. The fourth-order valence-corrected chi connectivity index (χ4v) is 4.28. The van der Waals surface area contributed by atoms with Crippen molar-refractivity contribution in [3.05, 3.63) is 86.6 Å². The van der Waals surface area contributed by atoms with E-state index in [1.807, 2.05) is 0 Å². The van der Waals surface area contributed by atoms with E-state index in [9.17, 15) is 41.7 Å². The molecule has 1 atom stereocenters. The fourth-order valence-electron chi connectivity index (χ4n) is 4.28. The Labute approximate surface area is 260 Å². The lowest BCUT2D eigenvalue weighted by Gasteiger charge is -2.25. The summed E-state index contributed by atoms with van der Waals surface area (Å²) in [6.45, 7) is 4.60. The molecule has 16 heteroatoms. The van der Waals surface area contributed by atoms with Gasteiger partial charge in [-0.2, -0.15) is 13.2 Å². The number of ether oxygens (including phenoxy) is 3. The third kappa shape index (κ3) is 9.32. The van der Waals surface area contributed by atoms with E-state index in [1.165, 1.54) is 25.3 Å². The topological polar surface area (TPSA) is 142 Å². The highest BCUT2D eigenvalue weighted by Crippen LogP contribution is 2.36. The Morgan fingerprint density at radius 3 is 2.30 bits per heavy atom. The number of aryl methyl sites for hydroxylation is 1. The van der Waals surface area contributed by atoms with E-state index < -0.39 is 63.1 Å². The zero-order valence-electron chi connectivity index (χ0n) is 25.4. The molecule has 0 fully saturated rings. The second-order valence-corrected chi connectivity index (χ2v) is 10.9. The molecule has 2 aromatic carbocycles. The minimum Gasteiger partial charge on any atom is -0.481 e. The van der Waals surface area contributed by atoms with Crippen molar-refractivity contribution >= 4 is 29.0 Å². The van der Waals surface area contributed by atoms with E-state index in [2.05, 4.69) is 20.4 Å². The Bertz CT molecular complexity index is 1610. The lowest BCUT2D eigenvalue weighted by Crippen LogP contribution is -2.41. The monoisotopic (exact) mass is 654 g/mol. The van der Waals surface area contributed by atoms with Crippen LogP contribution in [0.5, 0.6) is 5.88 Å². The van der Waals surface area contributed by atoms with Gasteiger partial charge in [0.2, 0.25) is 5.88 Å². The molecule has 3 aromatic rings. The number of alkyl halides is 3. The lowest BCUT2D eigenvalue weighted by atomic mass is 10.0. The van der Waals surface area contributed by atoms with Gasteiger partial charge in [-0.25, -0.2) is 18.6 Å². The van der Waals surface area contributed by atoms with Crippen molar-refractivity contribution in [1.82, 2.24) is 10.3 Å². The number of carbonyl (C=O) groups excluding carboxylic acids is 2. The second kappa shape index (κ2) is 14.5. The number of benzene rings is 2. The lowest BCUT2D eigenvalue weighted by molar-refractivity contribution is -0.386. The fraction of sp³-hybridized carbons (Fsp3) is 0.367. The van der Waals surface area contributed by atoms with Crippen LogP contribution in [0.2, 0.25) is 0 Å². The molecule has 0 aliphatic heterocycles. The standard InChI is InChI=1S/C30H31F5N4O7/c1-29(2,3)46-28(41)23(9-8-22-25(39(42)43)10-11-26(38-22)44-4)36-15-16-12-17(31)6-7-21(16)37-24-14-19(30(33,34)35)20(32)13-18(24)27(40)45-5/h6-7,10-14,23,36-37H,8-9,15H2,1-5H3. The minimum atomic E-state index is -5.10. The maximum atomic E-state index is 14.4. The van der Waals surface area contributed by atoms with Crippen molar-refractivity contribution in [2.45, 2.75) is 58.0 Å². The van der Waals surface area contributed by atoms with Gasteiger partial charge in [0.15, 0.2) is 0 Å². The quantitative estimate of drug-likeness (QED) is 0.0995. The molecule has 11 nitrogen and oxygen atoms in total. The van der Waals surface area contributed by atoms with Crippen LogP contribution >= 0.6 is 0 Å². The van der Waals surface area contributed by atoms with Crippen molar-refractivity contribution in [2.75, 3.05) is 19.5 Å². The molecule has 2 N–H and O–H groups in total. The Hall–Kier alpha value is -4.86.